The topological polar surface area (TPSA) is 56.1 Å². The van der Waals surface area contributed by atoms with Crippen LogP contribution in [0.5, 0.6) is 0 Å². The Balaban J connectivity index is 1.53. The third kappa shape index (κ3) is 3.80. The fraction of sp³-hybridized carbons (Fsp3) is 0.474. The molecule has 23 heavy (non-hydrogen) atoms. The van der Waals surface area contributed by atoms with E-state index < -0.39 is 5.54 Å². The third-order valence-electron chi connectivity index (χ3n) is 4.83. The standard InChI is InChI=1S/C19H23N3O/c1-19(14-20,17-7-8-17)21-18(23)13-22-11-9-16(10-12-22)15-5-3-2-4-6-15/h2-6,9,17H,7-8,10-13H2,1H3,(H,21,23)/t19-/m1/s1. The highest BCUT2D eigenvalue weighted by Gasteiger charge is 2.43. The maximum atomic E-state index is 12.2. The van der Waals surface area contributed by atoms with Crippen LogP contribution in [0.25, 0.3) is 5.57 Å². The second kappa shape index (κ2) is 6.55. The number of carbonyl (C=O) groups is 1. The molecule has 1 amide bonds. The smallest absolute Gasteiger partial charge is 0.235 e. The lowest BCUT2D eigenvalue weighted by atomic mass is 9.97. The highest BCUT2D eigenvalue weighted by Crippen LogP contribution is 2.39. The molecule has 0 spiro atoms. The molecule has 0 radical (unpaired) electrons. The van der Waals surface area contributed by atoms with E-state index in [1.54, 1.807) is 0 Å². The molecule has 1 atom stereocenters. The predicted molar refractivity (Wildman–Crippen MR) is 90.4 cm³/mol. The number of hydrogen-bond donors (Lipinski definition) is 1. The van der Waals surface area contributed by atoms with Crippen molar-refractivity contribution < 1.29 is 4.79 Å². The van der Waals surface area contributed by atoms with E-state index in [-0.39, 0.29) is 5.91 Å². The minimum Gasteiger partial charge on any atom is -0.337 e. The number of hydrogen-bond acceptors (Lipinski definition) is 3. The highest BCUT2D eigenvalue weighted by atomic mass is 16.2. The van der Waals surface area contributed by atoms with Crippen molar-refractivity contribution >= 4 is 11.5 Å². The summed E-state index contributed by atoms with van der Waals surface area (Å²) < 4.78 is 0. The summed E-state index contributed by atoms with van der Waals surface area (Å²) in [4.78, 5) is 14.4. The van der Waals surface area contributed by atoms with Gasteiger partial charge in [0.25, 0.3) is 0 Å². The zero-order valence-electron chi connectivity index (χ0n) is 13.6. The lowest BCUT2D eigenvalue weighted by Gasteiger charge is -2.28. The Morgan fingerprint density at radius 3 is 2.70 bits per heavy atom. The summed E-state index contributed by atoms with van der Waals surface area (Å²) in [6.45, 7) is 3.86. The molecule has 0 unspecified atom stereocenters. The summed E-state index contributed by atoms with van der Waals surface area (Å²) in [7, 11) is 0. The molecule has 0 saturated heterocycles. The molecule has 0 aromatic heterocycles. The number of amides is 1. The SMILES string of the molecule is C[C@](C#N)(NC(=O)CN1CC=C(c2ccccc2)CC1)C1CC1. The lowest BCUT2D eigenvalue weighted by Crippen LogP contribution is -2.50. The third-order valence-corrected chi connectivity index (χ3v) is 4.83. The molecule has 1 aromatic carbocycles. The minimum absolute atomic E-state index is 0.0440. The predicted octanol–water partition coefficient (Wildman–Crippen LogP) is 2.58. The molecule has 1 aromatic rings. The second-order valence-electron chi connectivity index (χ2n) is 6.72. The normalized spacial score (nSPS) is 21.0. The Morgan fingerprint density at radius 2 is 2.13 bits per heavy atom. The molecule has 120 valence electrons. The maximum Gasteiger partial charge on any atom is 0.235 e. The van der Waals surface area contributed by atoms with Crippen LogP contribution in [-0.2, 0) is 4.79 Å². The summed E-state index contributed by atoms with van der Waals surface area (Å²) in [5.41, 5.74) is 1.92. The van der Waals surface area contributed by atoms with Crippen molar-refractivity contribution in [2.75, 3.05) is 19.6 Å². The first-order chi connectivity index (χ1) is 11.1. The van der Waals surface area contributed by atoms with Crippen LogP contribution < -0.4 is 5.32 Å². The van der Waals surface area contributed by atoms with E-state index in [2.05, 4.69) is 46.6 Å². The van der Waals surface area contributed by atoms with Gasteiger partial charge < -0.3 is 5.32 Å². The molecule has 1 N–H and O–H groups in total. The molecule has 2 aliphatic rings. The van der Waals surface area contributed by atoms with Crippen LogP contribution in [0.2, 0.25) is 0 Å². The van der Waals surface area contributed by atoms with Gasteiger partial charge in [-0.1, -0.05) is 36.4 Å². The Hall–Kier alpha value is -2.12. The molecule has 1 aliphatic heterocycles. The van der Waals surface area contributed by atoms with E-state index in [9.17, 15) is 10.1 Å². The molecule has 0 bridgehead atoms. The van der Waals surface area contributed by atoms with Crippen LogP contribution in [0.1, 0.15) is 31.7 Å². The zero-order chi connectivity index (χ0) is 16.3. The lowest BCUT2D eigenvalue weighted by molar-refractivity contribution is -0.123. The second-order valence-corrected chi connectivity index (χ2v) is 6.72. The van der Waals surface area contributed by atoms with E-state index in [0.29, 0.717) is 12.5 Å². The molecule has 1 fully saturated rings. The summed E-state index contributed by atoms with van der Waals surface area (Å²) in [5.74, 6) is 0.278. The van der Waals surface area contributed by atoms with Crippen molar-refractivity contribution in [3.05, 3.63) is 42.0 Å². The van der Waals surface area contributed by atoms with Gasteiger partial charge >= 0.3 is 0 Å². The fourth-order valence-corrected chi connectivity index (χ4v) is 3.18. The van der Waals surface area contributed by atoms with Crippen LogP contribution in [-0.4, -0.2) is 36.0 Å². The monoisotopic (exact) mass is 309 g/mol. The van der Waals surface area contributed by atoms with Crippen molar-refractivity contribution in [1.29, 1.82) is 5.26 Å². The molecular weight excluding hydrogens is 286 g/mol. The van der Waals surface area contributed by atoms with Gasteiger partial charge in [0.2, 0.25) is 5.91 Å². The van der Waals surface area contributed by atoms with Crippen molar-refractivity contribution in [2.45, 2.75) is 31.7 Å². The molecule has 1 aliphatic carbocycles. The van der Waals surface area contributed by atoms with Gasteiger partial charge in [0, 0.05) is 13.1 Å². The minimum atomic E-state index is -0.697. The molecule has 4 nitrogen and oxygen atoms in total. The Labute approximate surface area is 137 Å². The Bertz CT molecular complexity index is 642. The van der Waals surface area contributed by atoms with Crippen molar-refractivity contribution in [1.82, 2.24) is 10.2 Å². The van der Waals surface area contributed by atoms with Gasteiger partial charge in [0.15, 0.2) is 0 Å². The number of carbonyl (C=O) groups excluding carboxylic acids is 1. The van der Waals surface area contributed by atoms with Crippen LogP contribution in [0, 0.1) is 17.2 Å². The first-order valence-electron chi connectivity index (χ1n) is 8.30. The fourth-order valence-electron chi connectivity index (χ4n) is 3.18. The number of benzene rings is 1. The van der Waals surface area contributed by atoms with Gasteiger partial charge in [-0.05, 0) is 43.2 Å². The van der Waals surface area contributed by atoms with Crippen LogP contribution in [0.15, 0.2) is 36.4 Å². The summed E-state index contributed by atoms with van der Waals surface area (Å²) in [6.07, 6.45) is 5.24. The highest BCUT2D eigenvalue weighted by molar-refractivity contribution is 5.79. The number of nitrogens with one attached hydrogen (secondary N) is 1. The quantitative estimate of drug-likeness (QED) is 0.909. The number of rotatable bonds is 5. The van der Waals surface area contributed by atoms with Gasteiger partial charge in [-0.15, -0.1) is 0 Å². The first-order valence-corrected chi connectivity index (χ1v) is 8.30. The first kappa shape index (κ1) is 15.8. The van der Waals surface area contributed by atoms with E-state index in [1.807, 2.05) is 13.0 Å². The van der Waals surface area contributed by atoms with Crippen molar-refractivity contribution in [2.24, 2.45) is 5.92 Å². The van der Waals surface area contributed by atoms with Gasteiger partial charge in [0.05, 0.1) is 12.6 Å². The summed E-state index contributed by atoms with van der Waals surface area (Å²) >= 11 is 0. The molecule has 1 heterocycles. The number of nitrogens with zero attached hydrogens (tertiary/aromatic N) is 2. The molecule has 4 heteroatoms. The van der Waals surface area contributed by atoms with E-state index in [4.69, 9.17) is 0 Å². The Morgan fingerprint density at radius 1 is 1.39 bits per heavy atom. The maximum absolute atomic E-state index is 12.2. The van der Waals surface area contributed by atoms with Crippen LogP contribution >= 0.6 is 0 Å². The number of nitriles is 1. The molecule has 1 saturated carbocycles. The van der Waals surface area contributed by atoms with Crippen LogP contribution in [0.4, 0.5) is 0 Å². The average Bonchev–Trinajstić information content (AvgIpc) is 3.41. The van der Waals surface area contributed by atoms with E-state index in [1.165, 1.54) is 11.1 Å². The van der Waals surface area contributed by atoms with Gasteiger partial charge in [-0.2, -0.15) is 5.26 Å². The largest absolute Gasteiger partial charge is 0.337 e. The summed E-state index contributed by atoms with van der Waals surface area (Å²) in [5, 5.41) is 12.3. The molecular formula is C19H23N3O. The van der Waals surface area contributed by atoms with Gasteiger partial charge in [-0.3, -0.25) is 9.69 Å². The van der Waals surface area contributed by atoms with Gasteiger partial charge in [-0.25, -0.2) is 0 Å². The molecule has 3 rings (SSSR count). The van der Waals surface area contributed by atoms with Crippen LogP contribution in [0.3, 0.4) is 0 Å². The van der Waals surface area contributed by atoms with E-state index >= 15 is 0 Å². The summed E-state index contributed by atoms with van der Waals surface area (Å²) in [6, 6.07) is 12.7. The Kier molecular flexibility index (Phi) is 4.49. The zero-order valence-corrected chi connectivity index (χ0v) is 13.6. The average molecular weight is 309 g/mol. The van der Waals surface area contributed by atoms with Gasteiger partial charge in [0.1, 0.15) is 5.54 Å². The van der Waals surface area contributed by atoms with Crippen molar-refractivity contribution in [3.63, 3.8) is 0 Å². The van der Waals surface area contributed by atoms with Crippen molar-refractivity contribution in [3.8, 4) is 6.07 Å². The van der Waals surface area contributed by atoms with E-state index in [0.717, 1.165) is 32.4 Å².